The van der Waals surface area contributed by atoms with E-state index >= 15 is 0 Å². The minimum Gasteiger partial charge on any atom is -0.246 e. The highest BCUT2D eigenvalue weighted by Crippen LogP contribution is 2.23. The molecule has 0 atom stereocenters. The third-order valence-corrected chi connectivity index (χ3v) is 2.89. The Balaban J connectivity index is 2.38. The third-order valence-electron chi connectivity index (χ3n) is 2.89. The zero-order chi connectivity index (χ0) is 12.3. The van der Waals surface area contributed by atoms with E-state index in [-0.39, 0.29) is 5.56 Å². The van der Waals surface area contributed by atoms with Gasteiger partial charge in [0.05, 0.1) is 0 Å². The molecule has 0 fully saturated rings. The number of hydrogen-bond donors (Lipinski definition) is 0. The molecular weight excluding hydrogens is 218 g/mol. The van der Waals surface area contributed by atoms with Crippen molar-refractivity contribution in [2.45, 2.75) is 20.0 Å². The first-order valence-corrected chi connectivity index (χ1v) is 5.68. The van der Waals surface area contributed by atoms with Crippen molar-refractivity contribution in [2.24, 2.45) is 0 Å². The van der Waals surface area contributed by atoms with Crippen LogP contribution in [0.1, 0.15) is 18.1 Å². The summed E-state index contributed by atoms with van der Waals surface area (Å²) in [6.07, 6.45) is 0.986. The molecule has 2 aromatic rings. The Morgan fingerprint density at radius 3 is 2.18 bits per heavy atom. The maximum Gasteiger partial charge on any atom is 0.129 e. The van der Waals surface area contributed by atoms with Gasteiger partial charge in [-0.15, -0.1) is 0 Å². The van der Waals surface area contributed by atoms with Crippen molar-refractivity contribution in [1.29, 1.82) is 0 Å². The summed E-state index contributed by atoms with van der Waals surface area (Å²) in [5.74, 6) is -0.485. The Labute approximate surface area is 99.9 Å². The van der Waals surface area contributed by atoms with Crippen LogP contribution in [0.15, 0.2) is 42.5 Å². The van der Waals surface area contributed by atoms with Gasteiger partial charge in [-0.05, 0) is 35.2 Å². The Bertz CT molecular complexity index is 501. The van der Waals surface area contributed by atoms with Gasteiger partial charge in [0.25, 0.3) is 0 Å². The zero-order valence-corrected chi connectivity index (χ0v) is 9.71. The number of rotatable bonds is 3. The number of benzene rings is 2. The summed E-state index contributed by atoms with van der Waals surface area (Å²) >= 11 is 0. The van der Waals surface area contributed by atoms with E-state index in [1.807, 2.05) is 24.3 Å². The van der Waals surface area contributed by atoms with Gasteiger partial charge in [0.1, 0.15) is 12.5 Å². The maximum atomic E-state index is 13.2. The molecule has 0 radical (unpaired) electrons. The van der Waals surface area contributed by atoms with Crippen LogP contribution in [0.25, 0.3) is 11.1 Å². The van der Waals surface area contributed by atoms with Crippen LogP contribution in [0.5, 0.6) is 0 Å². The quantitative estimate of drug-likeness (QED) is 0.729. The molecule has 0 aliphatic rings. The summed E-state index contributed by atoms with van der Waals surface area (Å²) < 4.78 is 25.7. The van der Waals surface area contributed by atoms with E-state index in [0.29, 0.717) is 0 Å². The minimum atomic E-state index is -0.771. The van der Waals surface area contributed by atoms with Crippen molar-refractivity contribution in [3.05, 3.63) is 59.4 Å². The van der Waals surface area contributed by atoms with E-state index in [4.69, 9.17) is 0 Å². The number of alkyl halides is 1. The summed E-state index contributed by atoms with van der Waals surface area (Å²) in [4.78, 5) is 0. The number of aryl methyl sites for hydroxylation is 1. The van der Waals surface area contributed by atoms with E-state index < -0.39 is 12.5 Å². The first-order valence-electron chi connectivity index (χ1n) is 5.68. The molecule has 0 amide bonds. The molecule has 17 heavy (non-hydrogen) atoms. The van der Waals surface area contributed by atoms with Crippen molar-refractivity contribution in [3.8, 4) is 11.1 Å². The van der Waals surface area contributed by atoms with Gasteiger partial charge in [0.15, 0.2) is 0 Å². The molecule has 0 aromatic heterocycles. The lowest BCUT2D eigenvalue weighted by molar-refractivity contribution is 0.464. The maximum absolute atomic E-state index is 13.2. The largest absolute Gasteiger partial charge is 0.246 e. The fourth-order valence-electron chi connectivity index (χ4n) is 1.79. The Morgan fingerprint density at radius 1 is 0.941 bits per heavy atom. The van der Waals surface area contributed by atoms with Crippen LogP contribution in [0.4, 0.5) is 8.78 Å². The van der Waals surface area contributed by atoms with E-state index in [1.54, 1.807) is 12.1 Å². The van der Waals surface area contributed by atoms with Crippen LogP contribution in [0.2, 0.25) is 0 Å². The molecule has 0 N–H and O–H groups in total. The third kappa shape index (κ3) is 2.52. The van der Waals surface area contributed by atoms with E-state index in [0.717, 1.165) is 17.5 Å². The van der Waals surface area contributed by atoms with Crippen molar-refractivity contribution in [2.75, 3.05) is 0 Å². The van der Waals surface area contributed by atoms with Gasteiger partial charge in [-0.2, -0.15) is 0 Å². The molecule has 0 nitrogen and oxygen atoms in total. The monoisotopic (exact) mass is 232 g/mol. The molecule has 0 saturated carbocycles. The lowest BCUT2D eigenvalue weighted by Crippen LogP contribution is -1.88. The van der Waals surface area contributed by atoms with E-state index in [9.17, 15) is 8.78 Å². The van der Waals surface area contributed by atoms with Gasteiger partial charge < -0.3 is 0 Å². The molecule has 0 saturated heterocycles. The molecule has 0 aliphatic carbocycles. The molecule has 0 unspecified atom stereocenters. The van der Waals surface area contributed by atoms with Crippen LogP contribution in [0.3, 0.4) is 0 Å². The average Bonchev–Trinajstić information content (AvgIpc) is 2.39. The smallest absolute Gasteiger partial charge is 0.129 e. The molecular formula is C15H14F2. The van der Waals surface area contributed by atoms with Crippen LogP contribution in [-0.4, -0.2) is 0 Å². The van der Waals surface area contributed by atoms with Gasteiger partial charge in [0.2, 0.25) is 0 Å². The van der Waals surface area contributed by atoms with E-state index in [2.05, 4.69) is 6.92 Å². The second-order valence-corrected chi connectivity index (χ2v) is 3.99. The summed E-state index contributed by atoms with van der Waals surface area (Å²) in [5.41, 5.74) is 3.20. The highest BCUT2D eigenvalue weighted by Gasteiger charge is 2.04. The number of hydrogen-bond acceptors (Lipinski definition) is 0. The van der Waals surface area contributed by atoms with Gasteiger partial charge in [-0.25, -0.2) is 8.78 Å². The molecule has 2 aromatic carbocycles. The predicted molar refractivity (Wildman–Crippen MR) is 66.0 cm³/mol. The average molecular weight is 232 g/mol. The van der Waals surface area contributed by atoms with Crippen LogP contribution in [0, 0.1) is 5.82 Å². The lowest BCUT2D eigenvalue weighted by Gasteiger charge is -2.05. The van der Waals surface area contributed by atoms with Gasteiger partial charge in [-0.1, -0.05) is 37.3 Å². The molecule has 0 bridgehead atoms. The predicted octanol–water partition coefficient (Wildman–Crippen LogP) is 4.52. The standard InChI is InChI=1S/C15H14F2/c1-2-11-3-5-12(6-4-11)13-7-8-15(17)14(9-13)10-16/h3-9H,2,10H2,1H3. The van der Waals surface area contributed by atoms with E-state index in [1.165, 1.54) is 11.6 Å². The summed E-state index contributed by atoms with van der Waals surface area (Å²) in [6, 6.07) is 12.6. The SMILES string of the molecule is CCc1ccc(-c2ccc(F)c(CF)c2)cc1. The molecule has 0 spiro atoms. The first-order chi connectivity index (χ1) is 8.24. The summed E-state index contributed by atoms with van der Waals surface area (Å²) in [5, 5.41) is 0. The van der Waals surface area contributed by atoms with Crippen molar-refractivity contribution < 1.29 is 8.78 Å². The molecule has 2 heteroatoms. The summed E-state index contributed by atoms with van der Waals surface area (Å²) in [6.45, 7) is 1.32. The first kappa shape index (κ1) is 11.8. The number of halogens is 2. The van der Waals surface area contributed by atoms with Crippen LogP contribution >= 0.6 is 0 Å². The highest BCUT2D eigenvalue weighted by molar-refractivity contribution is 5.64. The Morgan fingerprint density at radius 2 is 1.59 bits per heavy atom. The van der Waals surface area contributed by atoms with Crippen molar-refractivity contribution >= 4 is 0 Å². The van der Waals surface area contributed by atoms with Crippen molar-refractivity contribution in [1.82, 2.24) is 0 Å². The highest BCUT2D eigenvalue weighted by atomic mass is 19.1. The second-order valence-electron chi connectivity index (χ2n) is 3.99. The molecule has 2 rings (SSSR count). The normalized spacial score (nSPS) is 10.5. The second kappa shape index (κ2) is 5.09. The minimum absolute atomic E-state index is 0.113. The Kier molecular flexibility index (Phi) is 3.52. The van der Waals surface area contributed by atoms with Gasteiger partial charge >= 0.3 is 0 Å². The zero-order valence-electron chi connectivity index (χ0n) is 9.71. The van der Waals surface area contributed by atoms with Gasteiger partial charge in [0, 0.05) is 5.56 Å². The van der Waals surface area contributed by atoms with Gasteiger partial charge in [-0.3, -0.25) is 0 Å². The van der Waals surface area contributed by atoms with Crippen LogP contribution in [-0.2, 0) is 13.1 Å². The molecule has 88 valence electrons. The molecule has 0 heterocycles. The molecule has 0 aliphatic heterocycles. The Hall–Kier alpha value is -1.70. The van der Waals surface area contributed by atoms with Crippen molar-refractivity contribution in [3.63, 3.8) is 0 Å². The fourth-order valence-corrected chi connectivity index (χ4v) is 1.79. The fraction of sp³-hybridized carbons (Fsp3) is 0.200. The summed E-state index contributed by atoms with van der Waals surface area (Å²) in [7, 11) is 0. The topological polar surface area (TPSA) is 0 Å². The van der Waals surface area contributed by atoms with Crippen LogP contribution < -0.4 is 0 Å². The lowest BCUT2D eigenvalue weighted by atomic mass is 10.0.